The zero-order valence-corrected chi connectivity index (χ0v) is 11.1. The van der Waals surface area contributed by atoms with Crippen LogP contribution in [0, 0.1) is 6.92 Å². The molecule has 2 aromatic rings. The van der Waals surface area contributed by atoms with Gasteiger partial charge in [0.05, 0.1) is 17.4 Å². The summed E-state index contributed by atoms with van der Waals surface area (Å²) < 4.78 is 1.89. The second-order valence-electron chi connectivity index (χ2n) is 4.55. The maximum atomic E-state index is 5.72. The van der Waals surface area contributed by atoms with Gasteiger partial charge in [0.2, 0.25) is 0 Å². The van der Waals surface area contributed by atoms with Crippen LogP contribution in [-0.4, -0.2) is 9.78 Å². The molecule has 2 rings (SSSR count). The number of nitrogens with two attached hydrogens (primary N) is 1. The van der Waals surface area contributed by atoms with E-state index in [0.29, 0.717) is 0 Å². The summed E-state index contributed by atoms with van der Waals surface area (Å²) in [6, 6.07) is 10.4. The van der Waals surface area contributed by atoms with E-state index in [1.165, 1.54) is 5.56 Å². The summed E-state index contributed by atoms with van der Waals surface area (Å²) in [5.74, 6) is 5.72. The Bertz CT molecular complexity index is 530. The zero-order chi connectivity index (χ0) is 13.1. The molecule has 1 unspecified atom stereocenters. The fraction of sp³-hybridized carbons (Fsp3) is 0.357. The van der Waals surface area contributed by atoms with E-state index in [2.05, 4.69) is 48.6 Å². The van der Waals surface area contributed by atoms with Crippen molar-refractivity contribution in [3.8, 4) is 0 Å². The Morgan fingerprint density at radius 2 is 2.17 bits per heavy atom. The van der Waals surface area contributed by atoms with Crippen LogP contribution in [0.4, 0.5) is 0 Å². The fourth-order valence-corrected chi connectivity index (χ4v) is 2.19. The van der Waals surface area contributed by atoms with Gasteiger partial charge in [0.15, 0.2) is 0 Å². The van der Waals surface area contributed by atoms with Gasteiger partial charge in [0.1, 0.15) is 0 Å². The molecule has 0 amide bonds. The molecule has 0 aliphatic rings. The van der Waals surface area contributed by atoms with Gasteiger partial charge < -0.3 is 0 Å². The molecule has 0 aliphatic heterocycles. The number of hydrazine groups is 1. The lowest BCUT2D eigenvalue weighted by Gasteiger charge is -2.17. The number of aromatic nitrogens is 2. The van der Waals surface area contributed by atoms with Crippen molar-refractivity contribution >= 4 is 0 Å². The number of nitrogens with zero attached hydrogens (tertiary/aromatic N) is 2. The molecular formula is C14H20N4. The van der Waals surface area contributed by atoms with Crippen molar-refractivity contribution in [2.45, 2.75) is 26.3 Å². The van der Waals surface area contributed by atoms with Gasteiger partial charge in [-0.1, -0.05) is 36.8 Å². The summed E-state index contributed by atoms with van der Waals surface area (Å²) in [5.41, 5.74) is 7.43. The van der Waals surface area contributed by atoms with Crippen LogP contribution in [0.25, 0.3) is 0 Å². The number of aryl methyl sites for hydroxylation is 3. The third-order valence-electron chi connectivity index (χ3n) is 3.17. The Balaban J connectivity index is 2.41. The fourth-order valence-electron chi connectivity index (χ4n) is 2.19. The number of hydrogen-bond donors (Lipinski definition) is 2. The summed E-state index contributed by atoms with van der Waals surface area (Å²) in [6.07, 6.45) is 0.930. The molecule has 0 aliphatic carbocycles. The lowest BCUT2D eigenvalue weighted by molar-refractivity contribution is 0.573. The predicted octanol–water partition coefficient (Wildman–Crippen LogP) is 1.84. The number of rotatable bonds is 4. The van der Waals surface area contributed by atoms with Crippen molar-refractivity contribution in [1.29, 1.82) is 0 Å². The normalized spacial score (nSPS) is 12.7. The highest BCUT2D eigenvalue weighted by molar-refractivity contribution is 5.31. The minimum atomic E-state index is -0.0253. The van der Waals surface area contributed by atoms with Crippen molar-refractivity contribution in [2.75, 3.05) is 0 Å². The van der Waals surface area contributed by atoms with Crippen LogP contribution in [0.5, 0.6) is 0 Å². The van der Waals surface area contributed by atoms with E-state index in [-0.39, 0.29) is 6.04 Å². The Hall–Kier alpha value is -1.65. The summed E-state index contributed by atoms with van der Waals surface area (Å²) in [7, 11) is 1.95. The lowest BCUT2D eigenvalue weighted by atomic mass is 10.0. The Kier molecular flexibility index (Phi) is 3.79. The van der Waals surface area contributed by atoms with Crippen LogP contribution in [0.3, 0.4) is 0 Å². The molecule has 0 bridgehead atoms. The smallest absolute Gasteiger partial charge is 0.0878 e. The summed E-state index contributed by atoms with van der Waals surface area (Å²) in [4.78, 5) is 0. The first kappa shape index (κ1) is 12.8. The van der Waals surface area contributed by atoms with Crippen molar-refractivity contribution in [3.05, 3.63) is 52.8 Å². The van der Waals surface area contributed by atoms with E-state index in [9.17, 15) is 0 Å². The second kappa shape index (κ2) is 5.33. The highest BCUT2D eigenvalue weighted by atomic mass is 15.3. The van der Waals surface area contributed by atoms with Gasteiger partial charge in [-0.15, -0.1) is 0 Å². The van der Waals surface area contributed by atoms with E-state index in [1.807, 2.05) is 17.8 Å². The van der Waals surface area contributed by atoms with Gasteiger partial charge >= 0.3 is 0 Å². The first-order valence-corrected chi connectivity index (χ1v) is 6.21. The Labute approximate surface area is 108 Å². The van der Waals surface area contributed by atoms with Crippen LogP contribution in [-0.2, 0) is 13.5 Å². The van der Waals surface area contributed by atoms with Gasteiger partial charge in [0.25, 0.3) is 0 Å². The van der Waals surface area contributed by atoms with Crippen LogP contribution in [0.15, 0.2) is 30.3 Å². The van der Waals surface area contributed by atoms with E-state index < -0.39 is 0 Å². The molecule has 4 nitrogen and oxygen atoms in total. The minimum Gasteiger partial charge on any atom is -0.271 e. The molecule has 1 heterocycles. The van der Waals surface area contributed by atoms with Gasteiger partial charge in [0, 0.05) is 7.05 Å². The monoisotopic (exact) mass is 244 g/mol. The van der Waals surface area contributed by atoms with Gasteiger partial charge in [-0.3, -0.25) is 10.5 Å². The summed E-state index contributed by atoms with van der Waals surface area (Å²) in [5, 5.41) is 4.47. The summed E-state index contributed by atoms with van der Waals surface area (Å²) in [6.45, 7) is 4.18. The molecule has 3 N–H and O–H groups in total. The van der Waals surface area contributed by atoms with E-state index >= 15 is 0 Å². The molecule has 0 fully saturated rings. The van der Waals surface area contributed by atoms with Crippen LogP contribution in [0.1, 0.15) is 35.5 Å². The highest BCUT2D eigenvalue weighted by Gasteiger charge is 2.17. The van der Waals surface area contributed by atoms with Crippen molar-refractivity contribution in [1.82, 2.24) is 15.2 Å². The van der Waals surface area contributed by atoms with Crippen molar-refractivity contribution in [2.24, 2.45) is 12.9 Å². The molecule has 0 saturated carbocycles. The first-order chi connectivity index (χ1) is 8.65. The maximum Gasteiger partial charge on any atom is 0.0878 e. The van der Waals surface area contributed by atoms with Gasteiger partial charge in [-0.25, -0.2) is 5.43 Å². The van der Waals surface area contributed by atoms with Gasteiger partial charge in [-0.05, 0) is 25.0 Å². The molecular weight excluding hydrogens is 224 g/mol. The average molecular weight is 244 g/mol. The molecule has 1 atom stereocenters. The molecule has 1 aromatic carbocycles. The molecule has 0 saturated heterocycles. The molecule has 4 heteroatoms. The van der Waals surface area contributed by atoms with E-state index in [4.69, 9.17) is 5.84 Å². The third-order valence-corrected chi connectivity index (χ3v) is 3.17. The minimum absolute atomic E-state index is 0.0253. The topological polar surface area (TPSA) is 55.9 Å². The largest absolute Gasteiger partial charge is 0.271 e. The zero-order valence-electron chi connectivity index (χ0n) is 11.1. The number of hydrogen-bond acceptors (Lipinski definition) is 3. The average Bonchev–Trinajstić information content (AvgIpc) is 2.72. The molecule has 0 radical (unpaired) electrons. The quantitative estimate of drug-likeness (QED) is 0.637. The highest BCUT2D eigenvalue weighted by Crippen LogP contribution is 2.22. The maximum absolute atomic E-state index is 5.72. The molecule has 1 aromatic heterocycles. The molecule has 18 heavy (non-hydrogen) atoms. The van der Waals surface area contributed by atoms with Gasteiger partial charge in [-0.2, -0.15) is 5.10 Å². The van der Waals surface area contributed by atoms with Crippen molar-refractivity contribution < 1.29 is 0 Å². The first-order valence-electron chi connectivity index (χ1n) is 6.21. The standard InChI is InChI=1S/C14H20N4/c1-4-12-9-13(18(3)17-12)14(16-15)11-7-5-6-10(2)8-11/h5-9,14,16H,4,15H2,1-3H3. The third kappa shape index (κ3) is 2.44. The Morgan fingerprint density at radius 3 is 2.72 bits per heavy atom. The second-order valence-corrected chi connectivity index (χ2v) is 4.55. The lowest BCUT2D eigenvalue weighted by Crippen LogP contribution is -2.30. The van der Waals surface area contributed by atoms with Crippen LogP contribution >= 0.6 is 0 Å². The summed E-state index contributed by atoms with van der Waals surface area (Å²) >= 11 is 0. The van der Waals surface area contributed by atoms with E-state index in [1.54, 1.807) is 0 Å². The van der Waals surface area contributed by atoms with Crippen LogP contribution < -0.4 is 11.3 Å². The number of benzene rings is 1. The van der Waals surface area contributed by atoms with Crippen LogP contribution in [0.2, 0.25) is 0 Å². The van der Waals surface area contributed by atoms with Crippen molar-refractivity contribution in [3.63, 3.8) is 0 Å². The Morgan fingerprint density at radius 1 is 1.39 bits per heavy atom. The van der Waals surface area contributed by atoms with E-state index in [0.717, 1.165) is 23.4 Å². The molecule has 0 spiro atoms. The molecule has 96 valence electrons. The predicted molar refractivity (Wildman–Crippen MR) is 72.9 cm³/mol. The SMILES string of the molecule is CCc1cc(C(NN)c2cccc(C)c2)n(C)n1. The number of nitrogens with one attached hydrogen (secondary N) is 1.